The third kappa shape index (κ3) is 8.38. The van der Waals surface area contributed by atoms with Crippen LogP contribution < -0.4 is 19.2 Å². The predicted octanol–water partition coefficient (Wildman–Crippen LogP) is 8.81. The third-order valence-corrected chi connectivity index (χ3v) is 10.2. The predicted molar refractivity (Wildman–Crippen MR) is 194 cm³/mol. The van der Waals surface area contributed by atoms with Gasteiger partial charge in [0.2, 0.25) is 0 Å². The molecule has 0 spiro atoms. The van der Waals surface area contributed by atoms with Crippen molar-refractivity contribution in [2.75, 3.05) is 11.4 Å². The Morgan fingerprint density at radius 3 is 2.33 bits per heavy atom. The molecule has 8 nitrogen and oxygen atoms in total. The lowest BCUT2D eigenvalue weighted by molar-refractivity contribution is 0.0955. The molecule has 246 valence electrons. The zero-order valence-electron chi connectivity index (χ0n) is 25.9. The topological polar surface area (TPSA) is 97.3 Å². The second kappa shape index (κ2) is 15.7. The van der Waals surface area contributed by atoms with E-state index in [1.807, 2.05) is 25.1 Å². The van der Waals surface area contributed by atoms with Crippen LogP contribution >= 0.6 is 39.1 Å². The molecule has 0 bridgehead atoms. The number of sulfonamides is 1. The number of ether oxygens (including phenoxy) is 2. The van der Waals surface area contributed by atoms with Gasteiger partial charge in [0.1, 0.15) is 6.61 Å². The van der Waals surface area contributed by atoms with E-state index >= 15 is 0 Å². The molecule has 5 rings (SSSR count). The number of halogens is 3. The lowest BCUT2D eigenvalue weighted by atomic mass is 10.1. The Kier molecular flexibility index (Phi) is 11.4. The summed E-state index contributed by atoms with van der Waals surface area (Å²) in [7, 11) is -2.58. The lowest BCUT2D eigenvalue weighted by Crippen LogP contribution is -2.33. The zero-order chi connectivity index (χ0) is 34.3. The van der Waals surface area contributed by atoms with Crippen molar-refractivity contribution < 1.29 is 22.7 Å². The molecule has 0 saturated carbocycles. The fourth-order valence-electron chi connectivity index (χ4n) is 4.72. The van der Waals surface area contributed by atoms with Crippen molar-refractivity contribution in [2.45, 2.75) is 25.0 Å². The van der Waals surface area contributed by atoms with Crippen LogP contribution in [0.5, 0.6) is 11.5 Å². The van der Waals surface area contributed by atoms with E-state index in [1.165, 1.54) is 17.6 Å². The smallest absolute Gasteiger partial charge is 0.273 e. The molecule has 0 aliphatic carbocycles. The van der Waals surface area contributed by atoms with Crippen LogP contribution in [-0.4, -0.2) is 27.6 Å². The number of anilines is 1. The molecule has 5 aromatic carbocycles. The number of amides is 1. The molecule has 0 saturated heterocycles. The van der Waals surface area contributed by atoms with Crippen LogP contribution in [0.1, 0.15) is 32.6 Å². The van der Waals surface area contributed by atoms with Crippen LogP contribution in [0.25, 0.3) is 0 Å². The normalized spacial score (nSPS) is 11.4. The van der Waals surface area contributed by atoms with Crippen molar-refractivity contribution in [3.05, 3.63) is 152 Å². The van der Waals surface area contributed by atoms with Crippen LogP contribution in [0.2, 0.25) is 10.0 Å². The summed E-state index contributed by atoms with van der Waals surface area (Å²) in [5, 5.41) is 5.27. The minimum atomic E-state index is -4.10. The summed E-state index contributed by atoms with van der Waals surface area (Å²) in [6.45, 7) is 2.06. The number of nitrogens with zero attached hydrogens (tertiary/aromatic N) is 2. The number of methoxy groups -OCH3 is 1. The van der Waals surface area contributed by atoms with E-state index in [0.717, 1.165) is 11.1 Å². The van der Waals surface area contributed by atoms with Gasteiger partial charge in [-0.3, -0.25) is 9.10 Å². The first-order valence-electron chi connectivity index (χ1n) is 14.6. The number of benzene rings is 5. The van der Waals surface area contributed by atoms with Crippen LogP contribution in [0.4, 0.5) is 5.69 Å². The SMILES string of the molecule is COc1cc(/C=N\NC(=O)c2ccccc2N(Cc2ccc(Cl)cc2)S(=O)(=O)c2ccc(C)cc2)cc(Br)c1OCc1ccccc1Cl. The van der Waals surface area contributed by atoms with Gasteiger partial charge >= 0.3 is 0 Å². The van der Waals surface area contributed by atoms with Crippen molar-refractivity contribution in [3.63, 3.8) is 0 Å². The minimum absolute atomic E-state index is 0.0420. The van der Waals surface area contributed by atoms with Gasteiger partial charge in [0, 0.05) is 15.6 Å². The summed E-state index contributed by atoms with van der Waals surface area (Å²) in [5.74, 6) is 0.310. The van der Waals surface area contributed by atoms with E-state index in [-0.39, 0.29) is 29.3 Å². The van der Waals surface area contributed by atoms with Crippen molar-refractivity contribution >= 4 is 67.0 Å². The Labute approximate surface area is 298 Å². The number of hydrazone groups is 1. The maximum absolute atomic E-state index is 14.1. The van der Waals surface area contributed by atoms with Gasteiger partial charge in [0.25, 0.3) is 15.9 Å². The number of carbonyl (C=O) groups excluding carboxylic acids is 1. The Bertz CT molecular complexity index is 2060. The van der Waals surface area contributed by atoms with E-state index in [0.29, 0.717) is 37.1 Å². The van der Waals surface area contributed by atoms with Crippen LogP contribution in [0, 0.1) is 6.92 Å². The maximum Gasteiger partial charge on any atom is 0.273 e. The number of hydrogen-bond acceptors (Lipinski definition) is 6. The highest BCUT2D eigenvalue weighted by atomic mass is 79.9. The first-order chi connectivity index (χ1) is 23.1. The highest BCUT2D eigenvalue weighted by molar-refractivity contribution is 9.10. The number of para-hydroxylation sites is 1. The molecule has 0 aromatic heterocycles. The molecule has 0 fully saturated rings. The summed E-state index contributed by atoms with van der Waals surface area (Å²) >= 11 is 15.9. The number of hydrogen-bond donors (Lipinski definition) is 1. The Morgan fingerprint density at radius 1 is 0.938 bits per heavy atom. The summed E-state index contributed by atoms with van der Waals surface area (Å²) < 4.78 is 41.5. The van der Waals surface area contributed by atoms with Gasteiger partial charge in [-0.25, -0.2) is 13.8 Å². The minimum Gasteiger partial charge on any atom is -0.493 e. The second-order valence-corrected chi connectivity index (χ2v) is 14.1. The quantitative estimate of drug-likeness (QED) is 0.101. The summed E-state index contributed by atoms with van der Waals surface area (Å²) in [6.07, 6.45) is 1.44. The Balaban J connectivity index is 1.40. The molecule has 0 aliphatic heterocycles. The van der Waals surface area contributed by atoms with Gasteiger partial charge in [0.05, 0.1) is 40.5 Å². The van der Waals surface area contributed by atoms with Gasteiger partial charge in [0.15, 0.2) is 11.5 Å². The standard InChI is InChI=1S/C36H30BrCl2N3O5S/c1-24-11-17-29(18-12-24)48(44,45)42(22-25-13-15-28(38)16-14-25)33-10-6-4-8-30(33)36(43)41-40-21-26-19-31(37)35(34(20-26)46-2)47-23-27-7-3-5-9-32(27)39/h3-21H,22-23H2,1-2H3,(H,41,43)/b40-21-. The fraction of sp³-hybridized carbons (Fsp3) is 0.111. The molecular formula is C36H30BrCl2N3O5S. The van der Waals surface area contributed by atoms with Crippen LogP contribution in [0.15, 0.2) is 124 Å². The summed E-state index contributed by atoms with van der Waals surface area (Å²) in [4.78, 5) is 13.6. The average molecular weight is 768 g/mol. The molecule has 0 atom stereocenters. The number of carbonyl (C=O) groups is 1. The van der Waals surface area contributed by atoms with Crippen molar-refractivity contribution in [1.82, 2.24) is 5.43 Å². The number of rotatable bonds is 12. The first kappa shape index (κ1) is 35.0. The van der Waals surface area contributed by atoms with Gasteiger partial charge in [-0.15, -0.1) is 0 Å². The average Bonchev–Trinajstić information content (AvgIpc) is 3.08. The molecule has 1 N–H and O–H groups in total. The second-order valence-electron chi connectivity index (χ2n) is 10.6. The van der Waals surface area contributed by atoms with Crippen molar-refractivity contribution in [1.29, 1.82) is 0 Å². The first-order valence-corrected chi connectivity index (χ1v) is 17.6. The third-order valence-electron chi connectivity index (χ3n) is 7.23. The molecule has 5 aromatic rings. The van der Waals surface area contributed by atoms with E-state index in [9.17, 15) is 13.2 Å². The number of nitrogens with one attached hydrogen (secondary N) is 1. The maximum atomic E-state index is 14.1. The Hall–Kier alpha value is -4.35. The van der Waals surface area contributed by atoms with Crippen molar-refractivity contribution in [3.8, 4) is 11.5 Å². The fourth-order valence-corrected chi connectivity index (χ4v) is 7.08. The monoisotopic (exact) mass is 765 g/mol. The van der Waals surface area contributed by atoms with Gasteiger partial charge in [-0.05, 0) is 88.6 Å². The van der Waals surface area contributed by atoms with E-state index in [1.54, 1.807) is 91.0 Å². The molecule has 48 heavy (non-hydrogen) atoms. The molecule has 12 heteroatoms. The largest absolute Gasteiger partial charge is 0.493 e. The molecule has 0 radical (unpaired) electrons. The van der Waals surface area contributed by atoms with Crippen LogP contribution in [0.3, 0.4) is 0 Å². The lowest BCUT2D eigenvalue weighted by Gasteiger charge is -2.26. The van der Waals surface area contributed by atoms with E-state index in [4.69, 9.17) is 32.7 Å². The van der Waals surface area contributed by atoms with Gasteiger partial charge in [-0.1, -0.05) is 83.4 Å². The Morgan fingerprint density at radius 2 is 1.62 bits per heavy atom. The van der Waals surface area contributed by atoms with E-state index < -0.39 is 15.9 Å². The number of aryl methyl sites for hydroxylation is 1. The van der Waals surface area contributed by atoms with Crippen LogP contribution in [-0.2, 0) is 23.2 Å². The molecule has 1 amide bonds. The highest BCUT2D eigenvalue weighted by Crippen LogP contribution is 2.37. The summed E-state index contributed by atoms with van der Waals surface area (Å²) in [6, 6.07) is 30.7. The van der Waals surface area contributed by atoms with Gasteiger partial charge in [-0.2, -0.15) is 5.10 Å². The molecular weight excluding hydrogens is 737 g/mol. The van der Waals surface area contributed by atoms with Crippen molar-refractivity contribution in [2.24, 2.45) is 5.10 Å². The summed E-state index contributed by atoms with van der Waals surface area (Å²) in [5.41, 5.74) is 5.84. The van der Waals surface area contributed by atoms with E-state index in [2.05, 4.69) is 26.5 Å². The molecule has 0 heterocycles. The molecule has 0 aliphatic rings. The highest BCUT2D eigenvalue weighted by Gasteiger charge is 2.28. The van der Waals surface area contributed by atoms with Gasteiger partial charge < -0.3 is 9.47 Å². The zero-order valence-corrected chi connectivity index (χ0v) is 29.8. The molecule has 0 unspecified atom stereocenters.